The lowest BCUT2D eigenvalue weighted by atomic mass is 9.82. The van der Waals surface area contributed by atoms with Gasteiger partial charge in [0.05, 0.1) is 45.6 Å². The van der Waals surface area contributed by atoms with Gasteiger partial charge in [-0.15, -0.1) is 0 Å². The van der Waals surface area contributed by atoms with Gasteiger partial charge in [-0.2, -0.15) is 5.26 Å². The zero-order valence-electron chi connectivity index (χ0n) is 24.8. The molecule has 0 amide bonds. The summed E-state index contributed by atoms with van der Waals surface area (Å²) < 4.78 is 4.33. The van der Waals surface area contributed by atoms with Crippen LogP contribution in [0.5, 0.6) is 0 Å². The Morgan fingerprint density at radius 2 is 1.18 bits per heavy atom. The third-order valence-corrected chi connectivity index (χ3v) is 9.79. The summed E-state index contributed by atoms with van der Waals surface area (Å²) in [5, 5.41) is 15.4. The molecular formula is C41H26N4. The Morgan fingerprint density at radius 3 is 1.82 bits per heavy atom. The minimum absolute atomic E-state index is 0.165. The van der Waals surface area contributed by atoms with Crippen LogP contribution in [-0.4, -0.2) is 9.13 Å². The number of hydrogen-bond donors (Lipinski definition) is 0. The van der Waals surface area contributed by atoms with E-state index in [1.807, 2.05) is 36.4 Å². The van der Waals surface area contributed by atoms with Crippen molar-refractivity contribution < 1.29 is 0 Å². The first-order valence-electron chi connectivity index (χ1n) is 15.1. The van der Waals surface area contributed by atoms with Crippen molar-refractivity contribution in [2.75, 3.05) is 0 Å². The molecule has 4 nitrogen and oxygen atoms in total. The van der Waals surface area contributed by atoms with Crippen molar-refractivity contribution in [1.82, 2.24) is 9.13 Å². The molecule has 0 fully saturated rings. The molecule has 0 saturated heterocycles. The standard InChI is InChI=1S/C41H26N4/c1-41(2)32-16-8-4-12-25(32)29-22-30-28-15-7-9-17-35(28)44(39(30)23-33(29)41)38-21-20-34(43-3)40(31(38)24-42)45-36-18-10-5-13-26(36)27-14-6-11-19-37(27)45/h4-23H,1-2H3. The van der Waals surface area contributed by atoms with E-state index < -0.39 is 0 Å². The number of para-hydroxylation sites is 3. The van der Waals surface area contributed by atoms with Crippen LogP contribution in [0.3, 0.4) is 0 Å². The van der Waals surface area contributed by atoms with Gasteiger partial charge >= 0.3 is 0 Å². The van der Waals surface area contributed by atoms with Gasteiger partial charge < -0.3 is 9.13 Å². The molecule has 6 aromatic carbocycles. The molecule has 45 heavy (non-hydrogen) atoms. The summed E-state index contributed by atoms with van der Waals surface area (Å²) in [5.41, 5.74) is 11.3. The zero-order valence-corrected chi connectivity index (χ0v) is 24.8. The highest BCUT2D eigenvalue weighted by Gasteiger charge is 2.36. The third kappa shape index (κ3) is 3.23. The average Bonchev–Trinajstić information content (AvgIpc) is 3.66. The van der Waals surface area contributed by atoms with Crippen LogP contribution in [0.2, 0.25) is 0 Å². The zero-order chi connectivity index (χ0) is 30.4. The molecule has 0 atom stereocenters. The number of nitriles is 1. The number of nitrogens with zero attached hydrogens (tertiary/aromatic N) is 4. The van der Waals surface area contributed by atoms with Crippen molar-refractivity contribution in [1.29, 1.82) is 5.26 Å². The summed E-state index contributed by atoms with van der Waals surface area (Å²) in [6.07, 6.45) is 0. The van der Waals surface area contributed by atoms with Crippen LogP contribution in [0.15, 0.2) is 121 Å². The highest BCUT2D eigenvalue weighted by atomic mass is 15.0. The topological polar surface area (TPSA) is 38.0 Å². The fourth-order valence-electron chi connectivity index (χ4n) is 7.77. The van der Waals surface area contributed by atoms with Crippen molar-refractivity contribution in [3.8, 4) is 28.6 Å². The van der Waals surface area contributed by atoms with E-state index in [-0.39, 0.29) is 5.41 Å². The molecule has 9 rings (SSSR count). The lowest BCUT2D eigenvalue weighted by Gasteiger charge is -2.22. The summed E-state index contributed by atoms with van der Waals surface area (Å²) in [5.74, 6) is 0. The van der Waals surface area contributed by atoms with Crippen LogP contribution >= 0.6 is 0 Å². The summed E-state index contributed by atoms with van der Waals surface area (Å²) >= 11 is 0. The van der Waals surface area contributed by atoms with Gasteiger partial charge in [0.15, 0.2) is 0 Å². The van der Waals surface area contributed by atoms with E-state index in [2.05, 4.69) is 119 Å². The smallest absolute Gasteiger partial charge is 0.212 e. The summed E-state index contributed by atoms with van der Waals surface area (Å²) in [6, 6.07) is 44.6. The van der Waals surface area contributed by atoms with Gasteiger partial charge in [0, 0.05) is 27.0 Å². The first kappa shape index (κ1) is 25.4. The molecule has 0 bridgehead atoms. The number of aromatic nitrogens is 2. The van der Waals surface area contributed by atoms with Gasteiger partial charge in [0.25, 0.3) is 0 Å². The number of benzene rings is 6. The van der Waals surface area contributed by atoms with E-state index in [1.54, 1.807) is 0 Å². The van der Waals surface area contributed by atoms with E-state index in [0.29, 0.717) is 16.9 Å². The SMILES string of the molecule is [C-]#[N+]c1ccc(-n2c3ccccc3c3cc4c(cc32)C(C)(C)c2ccccc2-4)c(C#N)c1-n1c2ccccc2c2ccccc21. The van der Waals surface area contributed by atoms with Crippen LogP contribution in [-0.2, 0) is 5.41 Å². The summed E-state index contributed by atoms with van der Waals surface area (Å²) in [4.78, 5) is 3.95. The Morgan fingerprint density at radius 1 is 0.600 bits per heavy atom. The molecule has 2 heterocycles. The number of rotatable bonds is 2. The van der Waals surface area contributed by atoms with Gasteiger partial charge in [0.2, 0.25) is 5.69 Å². The highest BCUT2D eigenvalue weighted by Crippen LogP contribution is 2.51. The number of hydrogen-bond acceptors (Lipinski definition) is 1. The lowest BCUT2D eigenvalue weighted by Crippen LogP contribution is -2.15. The quantitative estimate of drug-likeness (QED) is 0.189. The van der Waals surface area contributed by atoms with Crippen molar-refractivity contribution >= 4 is 49.3 Å². The number of fused-ring (bicyclic) bond motifs is 9. The van der Waals surface area contributed by atoms with Crippen LogP contribution in [0.4, 0.5) is 5.69 Å². The van der Waals surface area contributed by atoms with Crippen LogP contribution in [0, 0.1) is 17.9 Å². The monoisotopic (exact) mass is 574 g/mol. The minimum Gasteiger partial charge on any atom is -0.318 e. The van der Waals surface area contributed by atoms with Crippen molar-refractivity contribution in [2.24, 2.45) is 0 Å². The molecule has 2 aromatic heterocycles. The predicted octanol–water partition coefficient (Wildman–Crippen LogP) is 10.6. The van der Waals surface area contributed by atoms with Crippen LogP contribution < -0.4 is 0 Å². The van der Waals surface area contributed by atoms with Crippen LogP contribution in [0.1, 0.15) is 30.5 Å². The summed E-state index contributed by atoms with van der Waals surface area (Å²) in [7, 11) is 0. The van der Waals surface area contributed by atoms with Crippen molar-refractivity contribution in [3.63, 3.8) is 0 Å². The second kappa shape index (κ2) is 8.96. The molecule has 0 spiro atoms. The first-order valence-corrected chi connectivity index (χ1v) is 15.1. The molecule has 210 valence electrons. The van der Waals surface area contributed by atoms with E-state index in [1.165, 1.54) is 22.3 Å². The Hall–Kier alpha value is -6.10. The largest absolute Gasteiger partial charge is 0.318 e. The fraction of sp³-hybridized carbons (Fsp3) is 0.0732. The van der Waals surface area contributed by atoms with E-state index in [0.717, 1.165) is 49.3 Å². The average molecular weight is 575 g/mol. The van der Waals surface area contributed by atoms with Crippen molar-refractivity contribution in [3.05, 3.63) is 149 Å². The molecule has 1 aliphatic rings. The molecule has 0 N–H and O–H groups in total. The van der Waals surface area contributed by atoms with Gasteiger partial charge in [0.1, 0.15) is 6.07 Å². The molecule has 0 saturated carbocycles. The Balaban J connectivity index is 1.42. The minimum atomic E-state index is -0.165. The van der Waals surface area contributed by atoms with Gasteiger partial charge in [-0.1, -0.05) is 98.8 Å². The second-order valence-electron chi connectivity index (χ2n) is 12.4. The molecular weight excluding hydrogens is 548 g/mol. The summed E-state index contributed by atoms with van der Waals surface area (Å²) in [6.45, 7) is 12.8. The molecule has 0 aliphatic heterocycles. The maximum absolute atomic E-state index is 11.0. The maximum Gasteiger partial charge on any atom is 0.212 e. The van der Waals surface area contributed by atoms with Gasteiger partial charge in [-0.3, -0.25) is 0 Å². The maximum atomic E-state index is 11.0. The molecule has 0 radical (unpaired) electrons. The van der Waals surface area contributed by atoms with E-state index in [9.17, 15) is 5.26 Å². The Labute approximate surface area is 260 Å². The second-order valence-corrected chi connectivity index (χ2v) is 12.4. The van der Waals surface area contributed by atoms with E-state index >= 15 is 0 Å². The fourth-order valence-corrected chi connectivity index (χ4v) is 7.77. The predicted molar refractivity (Wildman–Crippen MR) is 184 cm³/mol. The molecule has 8 aromatic rings. The van der Waals surface area contributed by atoms with E-state index in [4.69, 9.17) is 6.57 Å². The van der Waals surface area contributed by atoms with Crippen molar-refractivity contribution in [2.45, 2.75) is 19.3 Å². The molecule has 1 aliphatic carbocycles. The van der Waals surface area contributed by atoms with Crippen LogP contribution in [0.25, 0.3) is 71.0 Å². The third-order valence-electron chi connectivity index (χ3n) is 9.79. The Bertz CT molecular complexity index is 2600. The normalized spacial score (nSPS) is 13.2. The van der Waals surface area contributed by atoms with Gasteiger partial charge in [-0.05, 0) is 58.7 Å². The molecule has 0 unspecified atom stereocenters. The first-order chi connectivity index (χ1) is 22.0. The molecule has 4 heteroatoms. The highest BCUT2D eigenvalue weighted by molar-refractivity contribution is 6.13. The Kier molecular flexibility index (Phi) is 5.06. The van der Waals surface area contributed by atoms with Gasteiger partial charge in [-0.25, -0.2) is 4.85 Å². The lowest BCUT2D eigenvalue weighted by molar-refractivity contribution is 0.661.